The number of carbonyl (C=O) groups excluding carboxylic acids is 1. The van der Waals surface area contributed by atoms with Crippen LogP contribution in [0, 0.1) is 0 Å². The number of aromatic nitrogens is 1. The van der Waals surface area contributed by atoms with Gasteiger partial charge in [0.05, 0.1) is 18.8 Å². The first kappa shape index (κ1) is 16.0. The Hall–Kier alpha value is -1.33. The number of rotatable bonds is 4. The Labute approximate surface area is 130 Å². The van der Waals surface area contributed by atoms with Crippen molar-refractivity contribution in [2.45, 2.75) is 39.3 Å². The predicted molar refractivity (Wildman–Crippen MR) is 83.9 cm³/mol. The minimum Gasteiger partial charge on any atom is -0.375 e. The fourth-order valence-corrected chi connectivity index (χ4v) is 2.70. The van der Waals surface area contributed by atoms with Crippen molar-refractivity contribution in [3.63, 3.8) is 0 Å². The minimum atomic E-state index is -0.0135. The summed E-state index contributed by atoms with van der Waals surface area (Å²) in [5.41, 5.74) is 0.568. The Kier molecular flexibility index (Phi) is 5.42. The highest BCUT2D eigenvalue weighted by Crippen LogP contribution is 2.21. The zero-order valence-electron chi connectivity index (χ0n) is 12.7. The van der Waals surface area contributed by atoms with Crippen LogP contribution in [0.5, 0.6) is 0 Å². The van der Waals surface area contributed by atoms with Gasteiger partial charge < -0.3 is 15.0 Å². The second-order valence-corrected chi connectivity index (χ2v) is 5.64. The Morgan fingerprint density at radius 3 is 2.95 bits per heavy atom. The Balaban J connectivity index is 2.25. The number of amides is 1. The largest absolute Gasteiger partial charge is 0.375 e. The summed E-state index contributed by atoms with van der Waals surface area (Å²) >= 11 is 6.02. The van der Waals surface area contributed by atoms with Gasteiger partial charge in [0.25, 0.3) is 5.91 Å². The van der Waals surface area contributed by atoms with Gasteiger partial charge in [-0.3, -0.25) is 4.79 Å². The molecule has 0 spiro atoms. The second kappa shape index (κ2) is 7.09. The quantitative estimate of drug-likeness (QED) is 0.869. The lowest BCUT2D eigenvalue weighted by molar-refractivity contribution is -0.0444. The topological polar surface area (TPSA) is 54.5 Å². The van der Waals surface area contributed by atoms with Crippen LogP contribution in [0.4, 0.5) is 5.82 Å². The molecular weight excluding hydrogens is 290 g/mol. The van der Waals surface area contributed by atoms with Crippen LogP contribution in [-0.2, 0) is 4.74 Å². The first-order valence-corrected chi connectivity index (χ1v) is 7.77. The van der Waals surface area contributed by atoms with Gasteiger partial charge in [-0.2, -0.15) is 0 Å². The van der Waals surface area contributed by atoms with Crippen molar-refractivity contribution in [1.29, 1.82) is 0 Å². The number of nitrogens with zero attached hydrogens (tertiary/aromatic N) is 2. The number of nitrogens with one attached hydrogen (secondary N) is 1. The van der Waals surface area contributed by atoms with E-state index in [1.807, 2.05) is 18.7 Å². The van der Waals surface area contributed by atoms with Crippen molar-refractivity contribution in [2.75, 3.05) is 25.0 Å². The maximum Gasteiger partial charge on any atom is 0.254 e. The fourth-order valence-electron chi connectivity index (χ4n) is 2.49. The van der Waals surface area contributed by atoms with E-state index in [0.29, 0.717) is 29.7 Å². The Bertz CT molecular complexity index is 510. The van der Waals surface area contributed by atoms with Crippen LogP contribution in [0.3, 0.4) is 0 Å². The lowest BCUT2D eigenvalue weighted by Gasteiger charge is -2.38. The zero-order chi connectivity index (χ0) is 15.4. The molecule has 1 aromatic rings. The van der Waals surface area contributed by atoms with E-state index in [2.05, 4.69) is 17.2 Å². The summed E-state index contributed by atoms with van der Waals surface area (Å²) in [6.07, 6.45) is 0.930. The molecule has 6 heteroatoms. The van der Waals surface area contributed by atoms with E-state index >= 15 is 0 Å². The number of hydrogen-bond donors (Lipinski definition) is 1. The van der Waals surface area contributed by atoms with E-state index in [1.165, 1.54) is 0 Å². The number of anilines is 1. The van der Waals surface area contributed by atoms with Gasteiger partial charge in [-0.25, -0.2) is 4.98 Å². The van der Waals surface area contributed by atoms with Crippen LogP contribution >= 0.6 is 11.6 Å². The highest BCUT2D eigenvalue weighted by molar-refractivity contribution is 6.29. The van der Waals surface area contributed by atoms with Crippen molar-refractivity contribution in [3.8, 4) is 0 Å². The molecule has 0 bridgehead atoms. The lowest BCUT2D eigenvalue weighted by Crippen LogP contribution is -2.51. The van der Waals surface area contributed by atoms with E-state index in [-0.39, 0.29) is 18.1 Å². The molecule has 116 valence electrons. The van der Waals surface area contributed by atoms with E-state index in [4.69, 9.17) is 16.3 Å². The molecule has 1 aliphatic rings. The van der Waals surface area contributed by atoms with E-state index in [1.54, 1.807) is 12.1 Å². The highest BCUT2D eigenvalue weighted by atomic mass is 35.5. The molecule has 2 unspecified atom stereocenters. The van der Waals surface area contributed by atoms with Crippen molar-refractivity contribution in [2.24, 2.45) is 0 Å². The third-order valence-corrected chi connectivity index (χ3v) is 3.79. The first-order chi connectivity index (χ1) is 10.0. The van der Waals surface area contributed by atoms with Crippen LogP contribution < -0.4 is 5.32 Å². The summed E-state index contributed by atoms with van der Waals surface area (Å²) in [4.78, 5) is 18.8. The van der Waals surface area contributed by atoms with Crippen molar-refractivity contribution in [3.05, 3.63) is 22.8 Å². The molecule has 1 aliphatic heterocycles. The van der Waals surface area contributed by atoms with Crippen LogP contribution in [0.1, 0.15) is 37.6 Å². The van der Waals surface area contributed by atoms with Crippen LogP contribution in [-0.4, -0.2) is 47.6 Å². The summed E-state index contributed by atoms with van der Waals surface area (Å²) in [7, 11) is 0. The summed E-state index contributed by atoms with van der Waals surface area (Å²) in [6.45, 7) is 7.94. The second-order valence-electron chi connectivity index (χ2n) is 5.26. The minimum absolute atomic E-state index is 0.0135. The van der Waals surface area contributed by atoms with Crippen LogP contribution in [0.15, 0.2) is 12.1 Å². The molecule has 2 rings (SSSR count). The number of hydrogen-bond acceptors (Lipinski definition) is 4. The molecule has 1 aromatic heterocycles. The molecule has 1 fully saturated rings. The maximum absolute atomic E-state index is 12.8. The average Bonchev–Trinajstić information content (AvgIpc) is 2.46. The lowest BCUT2D eigenvalue weighted by atomic mass is 10.1. The summed E-state index contributed by atoms with van der Waals surface area (Å²) < 4.78 is 5.64. The molecule has 0 aromatic carbocycles. The zero-order valence-corrected chi connectivity index (χ0v) is 13.5. The molecule has 21 heavy (non-hydrogen) atoms. The van der Waals surface area contributed by atoms with Gasteiger partial charge in [0.1, 0.15) is 11.0 Å². The van der Waals surface area contributed by atoms with E-state index in [9.17, 15) is 4.79 Å². The summed E-state index contributed by atoms with van der Waals surface area (Å²) in [5, 5.41) is 3.41. The normalized spacial score (nSPS) is 22.2. The molecule has 0 saturated carbocycles. The van der Waals surface area contributed by atoms with Gasteiger partial charge in [0, 0.05) is 18.7 Å². The van der Waals surface area contributed by atoms with Gasteiger partial charge in [-0.05, 0) is 32.4 Å². The van der Waals surface area contributed by atoms with E-state index in [0.717, 1.165) is 13.0 Å². The Morgan fingerprint density at radius 2 is 2.29 bits per heavy atom. The fraction of sp³-hybridized carbons (Fsp3) is 0.600. The number of ether oxygens (including phenoxy) is 1. The van der Waals surface area contributed by atoms with Gasteiger partial charge in [-0.1, -0.05) is 18.5 Å². The van der Waals surface area contributed by atoms with Gasteiger partial charge >= 0.3 is 0 Å². The smallest absolute Gasteiger partial charge is 0.254 e. The van der Waals surface area contributed by atoms with E-state index < -0.39 is 0 Å². The third-order valence-electron chi connectivity index (χ3n) is 3.60. The van der Waals surface area contributed by atoms with Crippen molar-refractivity contribution < 1.29 is 9.53 Å². The van der Waals surface area contributed by atoms with Gasteiger partial charge in [0.15, 0.2) is 0 Å². The molecule has 5 nitrogen and oxygen atoms in total. The van der Waals surface area contributed by atoms with Crippen LogP contribution in [0.25, 0.3) is 0 Å². The van der Waals surface area contributed by atoms with Crippen molar-refractivity contribution in [1.82, 2.24) is 9.88 Å². The summed E-state index contributed by atoms with van der Waals surface area (Å²) in [5.74, 6) is 0.614. The standard InChI is InChI=1S/C15H22ClN3O2/c1-4-12-9-21-10(3)8-19(12)15(20)11-6-13(16)18-14(7-11)17-5-2/h6-7,10,12H,4-5,8-9H2,1-3H3,(H,17,18). The molecule has 0 aliphatic carbocycles. The number of morpholine rings is 1. The number of halogens is 1. The maximum atomic E-state index is 12.8. The van der Waals surface area contributed by atoms with Crippen molar-refractivity contribution >= 4 is 23.3 Å². The van der Waals surface area contributed by atoms with Crippen LogP contribution in [0.2, 0.25) is 5.15 Å². The summed E-state index contributed by atoms with van der Waals surface area (Å²) in [6, 6.07) is 3.49. The Morgan fingerprint density at radius 1 is 1.52 bits per heavy atom. The SMILES string of the molecule is CCNc1cc(C(=O)N2CC(C)OCC2CC)cc(Cl)n1. The van der Waals surface area contributed by atoms with Gasteiger partial charge in [-0.15, -0.1) is 0 Å². The monoisotopic (exact) mass is 311 g/mol. The highest BCUT2D eigenvalue weighted by Gasteiger charge is 2.30. The molecule has 1 saturated heterocycles. The molecular formula is C15H22ClN3O2. The van der Waals surface area contributed by atoms with Gasteiger partial charge in [0.2, 0.25) is 0 Å². The molecule has 1 N–H and O–H groups in total. The predicted octanol–water partition coefficient (Wildman–Crippen LogP) is 2.81. The number of carbonyl (C=O) groups is 1. The third kappa shape index (κ3) is 3.86. The number of pyridine rings is 1. The first-order valence-electron chi connectivity index (χ1n) is 7.39. The molecule has 2 atom stereocenters. The molecule has 0 radical (unpaired) electrons. The molecule has 2 heterocycles. The molecule has 1 amide bonds. The average molecular weight is 312 g/mol.